The quantitative estimate of drug-likeness (QED) is 0.876. The third-order valence-corrected chi connectivity index (χ3v) is 5.30. The highest BCUT2D eigenvalue weighted by molar-refractivity contribution is 5.78. The first-order valence-electron chi connectivity index (χ1n) is 9.12. The monoisotopic (exact) mass is 331 g/mol. The molecular formula is C19H29N3O2. The van der Waals surface area contributed by atoms with E-state index in [1.165, 1.54) is 5.56 Å². The zero-order valence-electron chi connectivity index (χ0n) is 14.4. The molecule has 2 saturated heterocycles. The number of amides is 1. The van der Waals surface area contributed by atoms with Gasteiger partial charge >= 0.3 is 0 Å². The van der Waals surface area contributed by atoms with Crippen LogP contribution in [0.4, 0.5) is 0 Å². The SMILES string of the molecule is O=C(CN1CCN(Cc2ccccc2)CC1)N1CCC(CO)CC1. The molecule has 5 heteroatoms. The summed E-state index contributed by atoms with van der Waals surface area (Å²) in [4.78, 5) is 19.2. The lowest BCUT2D eigenvalue weighted by Crippen LogP contribution is -2.50. The molecule has 2 aliphatic rings. The predicted molar refractivity (Wildman–Crippen MR) is 94.5 cm³/mol. The van der Waals surface area contributed by atoms with E-state index in [-0.39, 0.29) is 12.5 Å². The summed E-state index contributed by atoms with van der Waals surface area (Å²) in [6, 6.07) is 10.6. The molecular weight excluding hydrogens is 302 g/mol. The molecule has 5 nitrogen and oxygen atoms in total. The Hall–Kier alpha value is -1.43. The van der Waals surface area contributed by atoms with Crippen LogP contribution in [0, 0.1) is 5.92 Å². The molecule has 132 valence electrons. The van der Waals surface area contributed by atoms with Gasteiger partial charge in [0.2, 0.25) is 5.91 Å². The molecule has 2 aliphatic heterocycles. The van der Waals surface area contributed by atoms with Gasteiger partial charge in [-0.05, 0) is 24.3 Å². The molecule has 0 atom stereocenters. The summed E-state index contributed by atoms with van der Waals surface area (Å²) in [5.41, 5.74) is 1.36. The molecule has 1 amide bonds. The van der Waals surface area contributed by atoms with Crippen LogP contribution < -0.4 is 0 Å². The Balaban J connectivity index is 1.38. The van der Waals surface area contributed by atoms with Crippen LogP contribution in [0.2, 0.25) is 0 Å². The Morgan fingerprint density at radius 3 is 2.21 bits per heavy atom. The lowest BCUT2D eigenvalue weighted by molar-refractivity contribution is -0.134. The third-order valence-electron chi connectivity index (χ3n) is 5.30. The van der Waals surface area contributed by atoms with Crippen LogP contribution in [-0.4, -0.2) is 78.1 Å². The van der Waals surface area contributed by atoms with Crippen molar-refractivity contribution in [2.75, 3.05) is 52.4 Å². The molecule has 0 aromatic heterocycles. The number of carbonyl (C=O) groups is 1. The van der Waals surface area contributed by atoms with Gasteiger partial charge in [0, 0.05) is 52.4 Å². The van der Waals surface area contributed by atoms with Crippen LogP contribution in [0.15, 0.2) is 30.3 Å². The average Bonchev–Trinajstić information content (AvgIpc) is 2.64. The predicted octanol–water partition coefficient (Wildman–Crippen LogP) is 1.04. The minimum atomic E-state index is 0.253. The van der Waals surface area contributed by atoms with E-state index in [0.29, 0.717) is 12.5 Å². The number of aliphatic hydroxyl groups excluding tert-OH is 1. The molecule has 0 bridgehead atoms. The zero-order valence-corrected chi connectivity index (χ0v) is 14.4. The minimum absolute atomic E-state index is 0.253. The van der Waals surface area contributed by atoms with E-state index in [1.807, 2.05) is 4.90 Å². The van der Waals surface area contributed by atoms with Crippen LogP contribution in [-0.2, 0) is 11.3 Å². The standard InChI is InChI=1S/C19H29N3O2/c23-16-18-6-8-22(9-7-18)19(24)15-21-12-10-20(11-13-21)14-17-4-2-1-3-5-17/h1-5,18,23H,6-16H2. The van der Waals surface area contributed by atoms with Crippen LogP contribution in [0.3, 0.4) is 0 Å². The second-order valence-electron chi connectivity index (χ2n) is 7.04. The van der Waals surface area contributed by atoms with Gasteiger partial charge < -0.3 is 10.0 Å². The number of piperazine rings is 1. The van der Waals surface area contributed by atoms with Gasteiger partial charge in [-0.3, -0.25) is 14.6 Å². The Morgan fingerprint density at radius 2 is 1.58 bits per heavy atom. The van der Waals surface area contributed by atoms with E-state index in [2.05, 4.69) is 40.1 Å². The van der Waals surface area contributed by atoms with Gasteiger partial charge in [-0.2, -0.15) is 0 Å². The molecule has 0 saturated carbocycles. The number of hydrogen-bond donors (Lipinski definition) is 1. The van der Waals surface area contributed by atoms with E-state index >= 15 is 0 Å². The van der Waals surface area contributed by atoms with Gasteiger partial charge in [0.15, 0.2) is 0 Å². The van der Waals surface area contributed by atoms with Crippen molar-refractivity contribution >= 4 is 5.91 Å². The second kappa shape index (κ2) is 8.60. The number of nitrogens with zero attached hydrogens (tertiary/aromatic N) is 3. The van der Waals surface area contributed by atoms with Gasteiger partial charge in [-0.25, -0.2) is 0 Å². The number of aliphatic hydroxyl groups is 1. The summed E-state index contributed by atoms with van der Waals surface area (Å²) >= 11 is 0. The van der Waals surface area contributed by atoms with Crippen LogP contribution in [0.5, 0.6) is 0 Å². The van der Waals surface area contributed by atoms with Crippen molar-refractivity contribution in [2.45, 2.75) is 19.4 Å². The summed E-state index contributed by atoms with van der Waals surface area (Å²) in [7, 11) is 0. The molecule has 0 radical (unpaired) electrons. The fourth-order valence-electron chi connectivity index (χ4n) is 3.60. The Labute approximate surface area is 144 Å². The van der Waals surface area contributed by atoms with Gasteiger partial charge in [0.1, 0.15) is 0 Å². The van der Waals surface area contributed by atoms with Crippen molar-refractivity contribution in [3.63, 3.8) is 0 Å². The second-order valence-corrected chi connectivity index (χ2v) is 7.04. The van der Waals surface area contributed by atoms with Crippen molar-refractivity contribution in [3.8, 4) is 0 Å². The molecule has 0 aliphatic carbocycles. The highest BCUT2D eigenvalue weighted by atomic mass is 16.3. The summed E-state index contributed by atoms with van der Waals surface area (Å²) in [6.45, 7) is 7.38. The number of carbonyl (C=O) groups excluding carboxylic acids is 1. The van der Waals surface area contributed by atoms with Crippen molar-refractivity contribution in [3.05, 3.63) is 35.9 Å². The zero-order chi connectivity index (χ0) is 16.8. The normalized spacial score (nSPS) is 21.1. The van der Waals surface area contributed by atoms with Gasteiger partial charge in [0.25, 0.3) is 0 Å². The van der Waals surface area contributed by atoms with E-state index in [4.69, 9.17) is 0 Å². The number of piperidine rings is 1. The molecule has 3 rings (SSSR count). The number of likely N-dealkylation sites (tertiary alicyclic amines) is 1. The fraction of sp³-hybridized carbons (Fsp3) is 0.632. The molecule has 1 aromatic carbocycles. The summed E-state index contributed by atoms with van der Waals surface area (Å²) in [5, 5.41) is 9.19. The molecule has 2 heterocycles. The lowest BCUT2D eigenvalue weighted by Gasteiger charge is -2.36. The lowest BCUT2D eigenvalue weighted by atomic mass is 9.98. The molecule has 0 spiro atoms. The van der Waals surface area contributed by atoms with E-state index < -0.39 is 0 Å². The first kappa shape index (κ1) is 17.4. The van der Waals surface area contributed by atoms with Crippen molar-refractivity contribution in [2.24, 2.45) is 5.92 Å². The number of rotatable bonds is 5. The van der Waals surface area contributed by atoms with E-state index in [1.54, 1.807) is 0 Å². The van der Waals surface area contributed by atoms with Gasteiger partial charge in [-0.1, -0.05) is 30.3 Å². The van der Waals surface area contributed by atoms with Crippen LogP contribution in [0.25, 0.3) is 0 Å². The summed E-state index contributed by atoms with van der Waals surface area (Å²) in [6.07, 6.45) is 1.88. The smallest absolute Gasteiger partial charge is 0.236 e. The molecule has 24 heavy (non-hydrogen) atoms. The van der Waals surface area contributed by atoms with Crippen molar-refractivity contribution < 1.29 is 9.90 Å². The maximum absolute atomic E-state index is 12.4. The molecule has 0 unspecified atom stereocenters. The fourth-order valence-corrected chi connectivity index (χ4v) is 3.60. The largest absolute Gasteiger partial charge is 0.396 e. The van der Waals surface area contributed by atoms with Crippen molar-refractivity contribution in [1.29, 1.82) is 0 Å². The Kier molecular flexibility index (Phi) is 6.24. The third kappa shape index (κ3) is 4.79. The molecule has 1 aromatic rings. The van der Waals surface area contributed by atoms with Gasteiger partial charge in [0.05, 0.1) is 6.54 Å². The average molecular weight is 331 g/mol. The highest BCUT2D eigenvalue weighted by Crippen LogP contribution is 2.17. The summed E-state index contributed by atoms with van der Waals surface area (Å²) in [5.74, 6) is 0.637. The minimum Gasteiger partial charge on any atom is -0.396 e. The maximum Gasteiger partial charge on any atom is 0.236 e. The highest BCUT2D eigenvalue weighted by Gasteiger charge is 2.25. The number of benzene rings is 1. The maximum atomic E-state index is 12.4. The van der Waals surface area contributed by atoms with E-state index in [0.717, 1.165) is 58.7 Å². The van der Waals surface area contributed by atoms with Crippen molar-refractivity contribution in [1.82, 2.24) is 14.7 Å². The van der Waals surface area contributed by atoms with Crippen LogP contribution in [0.1, 0.15) is 18.4 Å². The first-order chi connectivity index (χ1) is 11.7. The Morgan fingerprint density at radius 1 is 0.958 bits per heavy atom. The topological polar surface area (TPSA) is 47.0 Å². The molecule has 2 fully saturated rings. The summed E-state index contributed by atoms with van der Waals surface area (Å²) < 4.78 is 0. The van der Waals surface area contributed by atoms with E-state index in [9.17, 15) is 9.90 Å². The van der Waals surface area contributed by atoms with Crippen LogP contribution >= 0.6 is 0 Å². The first-order valence-corrected chi connectivity index (χ1v) is 9.12. The van der Waals surface area contributed by atoms with Gasteiger partial charge in [-0.15, -0.1) is 0 Å². The Bertz CT molecular complexity index is 507. The number of hydrogen-bond acceptors (Lipinski definition) is 4. The molecule has 1 N–H and O–H groups in total.